The van der Waals surface area contributed by atoms with Crippen LogP contribution in [0.25, 0.3) is 0 Å². The van der Waals surface area contributed by atoms with Gasteiger partial charge in [-0.2, -0.15) is 0 Å². The minimum atomic E-state index is -0.384. The molecule has 6 rings (SSSR count). The molecule has 5 nitrogen and oxygen atoms in total. The maximum absolute atomic E-state index is 13.3. The number of nitrogens with zero attached hydrogens (tertiary/aromatic N) is 1. The van der Waals surface area contributed by atoms with Crippen LogP contribution in [0.2, 0.25) is 10.0 Å². The number of fused-ring (bicyclic) bond motifs is 5. The van der Waals surface area contributed by atoms with E-state index in [1.165, 1.54) is 19.3 Å². The molecule has 2 bridgehead atoms. The molecular formula is C30H40Cl2N2O3S. The van der Waals surface area contributed by atoms with Crippen LogP contribution in [0.1, 0.15) is 79.1 Å². The lowest BCUT2D eigenvalue weighted by molar-refractivity contribution is -0.195. The normalized spacial score (nSPS) is 43.2. The van der Waals surface area contributed by atoms with Gasteiger partial charge < -0.3 is 10.1 Å². The Balaban J connectivity index is 1.30. The Bertz CT molecular complexity index is 1170. The van der Waals surface area contributed by atoms with E-state index in [1.807, 2.05) is 24.1 Å². The zero-order valence-corrected chi connectivity index (χ0v) is 25.3. The molecule has 1 aliphatic heterocycles. The third-order valence-corrected chi connectivity index (χ3v) is 12.5. The summed E-state index contributed by atoms with van der Waals surface area (Å²) < 4.78 is 5.66. The van der Waals surface area contributed by atoms with E-state index in [0.29, 0.717) is 46.1 Å². The molecule has 8 heteroatoms. The lowest BCUT2D eigenvalue weighted by Gasteiger charge is -2.64. The van der Waals surface area contributed by atoms with Crippen molar-refractivity contribution in [2.75, 3.05) is 18.5 Å². The monoisotopic (exact) mass is 578 g/mol. The van der Waals surface area contributed by atoms with E-state index in [0.717, 1.165) is 37.8 Å². The largest absolute Gasteiger partial charge is 0.466 e. The first-order valence-electron chi connectivity index (χ1n) is 14.3. The second-order valence-electron chi connectivity index (χ2n) is 13.5. The van der Waals surface area contributed by atoms with Crippen LogP contribution in [0, 0.1) is 39.4 Å². The molecule has 1 spiro atoms. The summed E-state index contributed by atoms with van der Waals surface area (Å²) in [7, 11) is 0. The van der Waals surface area contributed by atoms with E-state index in [9.17, 15) is 4.79 Å². The highest BCUT2D eigenvalue weighted by Crippen LogP contribution is 2.76. The molecule has 5 aliphatic rings. The van der Waals surface area contributed by atoms with E-state index in [-0.39, 0.29) is 33.7 Å². The van der Waals surface area contributed by atoms with Crippen LogP contribution in [-0.4, -0.2) is 35.4 Å². The fraction of sp³-hybridized carbons (Fsp3) is 0.733. The minimum absolute atomic E-state index is 0.0180. The summed E-state index contributed by atoms with van der Waals surface area (Å²) in [5, 5.41) is 7.04. The molecule has 38 heavy (non-hydrogen) atoms. The second-order valence-corrected chi connectivity index (χ2v) is 14.7. The van der Waals surface area contributed by atoms with Crippen molar-refractivity contribution in [2.24, 2.45) is 39.4 Å². The van der Waals surface area contributed by atoms with E-state index in [1.54, 1.807) is 6.07 Å². The number of hydroxylamine groups is 2. The number of esters is 1. The van der Waals surface area contributed by atoms with Gasteiger partial charge in [-0.05, 0) is 117 Å². The number of nitrogens with one attached hydrogen (secondary N) is 1. The number of hydrogen-bond acceptors (Lipinski definition) is 4. The van der Waals surface area contributed by atoms with Crippen molar-refractivity contribution in [1.82, 2.24) is 5.06 Å². The first kappa shape index (κ1) is 27.1. The molecule has 4 saturated carbocycles. The van der Waals surface area contributed by atoms with Crippen LogP contribution >= 0.6 is 35.4 Å². The Kier molecular flexibility index (Phi) is 6.58. The van der Waals surface area contributed by atoms with Gasteiger partial charge in [0, 0.05) is 10.9 Å². The van der Waals surface area contributed by atoms with Crippen LogP contribution in [0.3, 0.4) is 0 Å². The van der Waals surface area contributed by atoms with E-state index < -0.39 is 0 Å². The Labute approximate surface area is 242 Å². The SMILES string of the molecule is CCOC(=O)[C@]1(C)CCC[C@@]2(C)[C@@H]3CC[C@@]4(C)C[C@]3(CC[C@@H]21)[C@@H]1CON(C(=S)Nc2ccc(Cl)cc2Cl)[C@@H]14. The number of ether oxygens (including phenoxy) is 1. The maximum Gasteiger partial charge on any atom is 0.312 e. The zero-order chi connectivity index (χ0) is 27.1. The number of halogens is 2. The Morgan fingerprint density at radius 2 is 1.92 bits per heavy atom. The van der Waals surface area contributed by atoms with Gasteiger partial charge in [-0.3, -0.25) is 9.63 Å². The Morgan fingerprint density at radius 1 is 1.16 bits per heavy atom. The number of carbonyl (C=O) groups excluding carboxylic acids is 1. The minimum Gasteiger partial charge on any atom is -0.466 e. The summed E-state index contributed by atoms with van der Waals surface area (Å²) in [6.45, 7) is 10.2. The lowest BCUT2D eigenvalue weighted by Crippen LogP contribution is -2.60. The highest BCUT2D eigenvalue weighted by molar-refractivity contribution is 7.80. The molecule has 5 fully saturated rings. The quantitative estimate of drug-likeness (QED) is 0.290. The van der Waals surface area contributed by atoms with Crippen molar-refractivity contribution in [2.45, 2.75) is 85.1 Å². The molecule has 1 saturated heterocycles. The van der Waals surface area contributed by atoms with Crippen molar-refractivity contribution in [3.63, 3.8) is 0 Å². The Hall–Kier alpha value is -1.08. The molecule has 0 radical (unpaired) electrons. The van der Waals surface area contributed by atoms with E-state index in [2.05, 4.69) is 26.1 Å². The molecule has 208 valence electrons. The lowest BCUT2D eigenvalue weighted by atomic mass is 9.39. The number of anilines is 1. The van der Waals surface area contributed by atoms with Gasteiger partial charge in [0.15, 0.2) is 5.11 Å². The van der Waals surface area contributed by atoms with Gasteiger partial charge in [0.05, 0.1) is 35.4 Å². The third-order valence-electron chi connectivity index (χ3n) is 11.7. The van der Waals surface area contributed by atoms with Crippen molar-refractivity contribution in [1.29, 1.82) is 0 Å². The van der Waals surface area contributed by atoms with Gasteiger partial charge >= 0.3 is 5.97 Å². The van der Waals surface area contributed by atoms with Crippen molar-refractivity contribution in [3.05, 3.63) is 28.2 Å². The number of carbonyl (C=O) groups is 1. The van der Waals surface area contributed by atoms with Gasteiger partial charge in [-0.25, -0.2) is 5.06 Å². The van der Waals surface area contributed by atoms with Gasteiger partial charge in [-0.1, -0.05) is 43.5 Å². The van der Waals surface area contributed by atoms with Crippen LogP contribution in [0.15, 0.2) is 18.2 Å². The van der Waals surface area contributed by atoms with E-state index in [4.69, 9.17) is 45.0 Å². The highest BCUT2D eigenvalue weighted by atomic mass is 35.5. The van der Waals surface area contributed by atoms with Gasteiger partial charge in [0.25, 0.3) is 0 Å². The second kappa shape index (κ2) is 9.22. The fourth-order valence-electron chi connectivity index (χ4n) is 10.4. The van der Waals surface area contributed by atoms with Crippen molar-refractivity contribution < 1.29 is 14.4 Å². The summed E-state index contributed by atoms with van der Waals surface area (Å²) in [4.78, 5) is 19.7. The summed E-state index contributed by atoms with van der Waals surface area (Å²) >= 11 is 18.5. The molecule has 1 N–H and O–H groups in total. The first-order chi connectivity index (χ1) is 18.0. The summed E-state index contributed by atoms with van der Waals surface area (Å²) in [6.07, 6.45) is 9.07. The molecule has 0 unspecified atom stereocenters. The summed E-state index contributed by atoms with van der Waals surface area (Å²) in [5.41, 5.74) is 0.847. The maximum atomic E-state index is 13.3. The molecule has 0 amide bonds. The van der Waals surface area contributed by atoms with Crippen LogP contribution in [0.5, 0.6) is 0 Å². The standard InChI is InChI=1S/C30H40Cl2N2O3S/c1-5-36-25(35)29(4)12-6-11-28(3)22(29)10-14-30-17-27(2,13-9-23(28)30)24-19(30)16-37-34(24)26(38)33-21-8-7-18(31)15-20(21)32/h7-8,15,19,22-24H,5-6,9-14,16-17H2,1-4H3,(H,33,38)/t19-,22+,23+,24+,27+,28-,29-,30-/m1/s1. The molecule has 8 atom stereocenters. The molecule has 4 aliphatic carbocycles. The number of hydrogen-bond donors (Lipinski definition) is 1. The predicted molar refractivity (Wildman–Crippen MR) is 155 cm³/mol. The third kappa shape index (κ3) is 3.72. The first-order valence-corrected chi connectivity index (χ1v) is 15.5. The zero-order valence-electron chi connectivity index (χ0n) is 22.9. The van der Waals surface area contributed by atoms with Gasteiger partial charge in [-0.15, -0.1) is 0 Å². The molecule has 1 aromatic carbocycles. The number of benzene rings is 1. The smallest absolute Gasteiger partial charge is 0.312 e. The predicted octanol–water partition coefficient (Wildman–Crippen LogP) is 7.90. The number of thiocarbonyl (C=S) groups is 1. The van der Waals surface area contributed by atoms with Crippen LogP contribution in [0.4, 0.5) is 5.69 Å². The van der Waals surface area contributed by atoms with E-state index >= 15 is 0 Å². The molecular weight excluding hydrogens is 539 g/mol. The van der Waals surface area contributed by atoms with Gasteiger partial charge in [0.2, 0.25) is 0 Å². The van der Waals surface area contributed by atoms with Crippen LogP contribution < -0.4 is 5.32 Å². The molecule has 0 aromatic heterocycles. The van der Waals surface area contributed by atoms with Crippen molar-refractivity contribution in [3.8, 4) is 0 Å². The van der Waals surface area contributed by atoms with Gasteiger partial charge in [0.1, 0.15) is 0 Å². The molecule has 1 aromatic rings. The molecule has 1 heterocycles. The highest BCUT2D eigenvalue weighted by Gasteiger charge is 2.73. The van der Waals surface area contributed by atoms with Crippen LogP contribution in [-0.2, 0) is 14.4 Å². The topological polar surface area (TPSA) is 50.8 Å². The van der Waals surface area contributed by atoms with Crippen molar-refractivity contribution >= 4 is 52.2 Å². The average molecular weight is 580 g/mol. The average Bonchev–Trinajstić information content (AvgIpc) is 3.38. The Morgan fingerprint density at radius 3 is 2.66 bits per heavy atom. The summed E-state index contributed by atoms with van der Waals surface area (Å²) in [5.74, 6) is 1.40. The summed E-state index contributed by atoms with van der Waals surface area (Å²) in [6, 6.07) is 5.63. The fourth-order valence-corrected chi connectivity index (χ4v) is 11.2. The number of rotatable bonds is 3.